The maximum atomic E-state index is 13.9. The minimum absolute atomic E-state index is 0.0120. The number of amides is 2. The lowest BCUT2D eigenvalue weighted by molar-refractivity contribution is -0.140. The summed E-state index contributed by atoms with van der Waals surface area (Å²) < 4.78 is 0. The van der Waals surface area contributed by atoms with Gasteiger partial charge >= 0.3 is 0 Å². The molecular weight excluding hydrogens is 540 g/mol. The molecule has 0 unspecified atom stereocenters. The molecule has 10 heteroatoms. The van der Waals surface area contributed by atoms with Crippen LogP contribution in [0.3, 0.4) is 0 Å². The first-order valence-corrected chi connectivity index (χ1v) is 14.5. The molecule has 4 aromatic rings. The summed E-state index contributed by atoms with van der Waals surface area (Å²) in [5, 5.41) is 16.0. The van der Waals surface area contributed by atoms with Crippen LogP contribution >= 0.6 is 0 Å². The largest absolute Gasteiger partial charge is 0.384 e. The van der Waals surface area contributed by atoms with E-state index in [1.54, 1.807) is 11.0 Å². The maximum Gasteiger partial charge on any atom is 0.240 e. The minimum atomic E-state index is -0.501. The van der Waals surface area contributed by atoms with Gasteiger partial charge in [-0.2, -0.15) is 0 Å². The molecular formula is C33H38N8O2. The van der Waals surface area contributed by atoms with Gasteiger partial charge < -0.3 is 32.3 Å². The first-order chi connectivity index (χ1) is 20.8. The second-order valence-corrected chi connectivity index (χ2v) is 10.9. The van der Waals surface area contributed by atoms with Crippen LogP contribution in [0.25, 0.3) is 21.5 Å². The standard InChI is InChI=1S/C33H38N8O2/c34-31(35)27-7-3-4-22(16-27)18-29(32(43)41-14-12-40(13-15-41)30(42)10-11-38-33(36)37)39-21-23-8-9-26-19-24-5-1-2-6-25(24)20-28(26)17-23/h1-9,16-17,19-20,29,39H,10-15,18,21H2,(H3,34,35)(H4,36,37,38)/t29-/m0/s1. The van der Waals surface area contributed by atoms with E-state index in [0.29, 0.717) is 44.7 Å². The Bertz CT molecular complexity index is 1670. The molecule has 1 aliphatic heterocycles. The van der Waals surface area contributed by atoms with Crippen LogP contribution in [0.15, 0.2) is 83.9 Å². The predicted octanol–water partition coefficient (Wildman–Crippen LogP) is 2.31. The quantitative estimate of drug-likeness (QED) is 0.110. The second-order valence-electron chi connectivity index (χ2n) is 10.9. The minimum Gasteiger partial charge on any atom is -0.384 e. The Labute approximate surface area is 251 Å². The average Bonchev–Trinajstić information content (AvgIpc) is 3.01. The number of piperazine rings is 1. The fourth-order valence-electron chi connectivity index (χ4n) is 5.52. The summed E-state index contributed by atoms with van der Waals surface area (Å²) in [4.78, 5) is 33.9. The van der Waals surface area contributed by atoms with E-state index in [0.717, 1.165) is 16.5 Å². The van der Waals surface area contributed by atoms with Gasteiger partial charge in [0.2, 0.25) is 11.8 Å². The summed E-state index contributed by atoms with van der Waals surface area (Å²) in [7, 11) is 0. The molecule has 0 aliphatic carbocycles. The van der Waals surface area contributed by atoms with Gasteiger partial charge in [0.1, 0.15) is 5.84 Å². The number of nitrogens with one attached hydrogen (secondary N) is 2. The highest BCUT2D eigenvalue weighted by Gasteiger charge is 2.29. The first-order valence-electron chi connectivity index (χ1n) is 14.5. The van der Waals surface area contributed by atoms with Gasteiger partial charge in [-0.15, -0.1) is 0 Å². The SMILES string of the molecule is N=C(N)c1cccc(C[C@H](NCc2ccc3cc4ccccc4cc3c2)C(=O)N2CCN(C(=O)CCN=C(N)N)CC2)c1. The zero-order valence-corrected chi connectivity index (χ0v) is 24.1. The van der Waals surface area contributed by atoms with Crippen molar-refractivity contribution in [1.29, 1.82) is 5.41 Å². The van der Waals surface area contributed by atoms with Crippen molar-refractivity contribution >= 4 is 45.2 Å². The number of nitrogen functional groups attached to an aromatic ring is 1. The van der Waals surface area contributed by atoms with Crippen LogP contribution in [0.5, 0.6) is 0 Å². The van der Waals surface area contributed by atoms with E-state index in [2.05, 4.69) is 52.8 Å². The number of nitrogens with two attached hydrogens (primary N) is 3. The summed E-state index contributed by atoms with van der Waals surface area (Å²) in [5.41, 5.74) is 19.1. The monoisotopic (exact) mass is 578 g/mol. The van der Waals surface area contributed by atoms with Crippen molar-refractivity contribution in [3.63, 3.8) is 0 Å². The highest BCUT2D eigenvalue weighted by Crippen LogP contribution is 2.24. The molecule has 0 aromatic heterocycles. The normalized spacial score (nSPS) is 14.0. The average molecular weight is 579 g/mol. The Hall–Kier alpha value is -4.96. The number of carbonyl (C=O) groups is 2. The number of benzene rings is 4. The lowest BCUT2D eigenvalue weighted by atomic mass is 10.00. The first kappa shape index (κ1) is 29.5. The molecule has 5 rings (SSSR count). The van der Waals surface area contributed by atoms with Gasteiger partial charge in [0.05, 0.1) is 12.6 Å². The highest BCUT2D eigenvalue weighted by molar-refractivity contribution is 5.98. The third-order valence-corrected chi connectivity index (χ3v) is 7.86. The van der Waals surface area contributed by atoms with Gasteiger partial charge in [-0.25, -0.2) is 0 Å². The summed E-state index contributed by atoms with van der Waals surface area (Å²) >= 11 is 0. The van der Waals surface area contributed by atoms with Crippen LogP contribution in [-0.4, -0.2) is 72.2 Å². The molecule has 1 saturated heterocycles. The zero-order valence-electron chi connectivity index (χ0n) is 24.1. The Morgan fingerprint density at radius 3 is 2.16 bits per heavy atom. The van der Waals surface area contributed by atoms with Crippen LogP contribution in [-0.2, 0) is 22.6 Å². The van der Waals surface area contributed by atoms with Crippen molar-refractivity contribution in [1.82, 2.24) is 15.1 Å². The van der Waals surface area contributed by atoms with Gasteiger partial charge in [0.25, 0.3) is 0 Å². The number of carbonyl (C=O) groups excluding carboxylic acids is 2. The molecule has 4 aromatic carbocycles. The maximum absolute atomic E-state index is 13.9. The van der Waals surface area contributed by atoms with E-state index in [9.17, 15) is 9.59 Å². The molecule has 1 fully saturated rings. The Morgan fingerprint density at radius 2 is 1.47 bits per heavy atom. The molecule has 1 atom stereocenters. The van der Waals surface area contributed by atoms with E-state index in [1.165, 1.54) is 16.2 Å². The summed E-state index contributed by atoms with van der Waals surface area (Å²) in [5.74, 6) is -0.0979. The van der Waals surface area contributed by atoms with E-state index < -0.39 is 6.04 Å². The second kappa shape index (κ2) is 13.3. The van der Waals surface area contributed by atoms with E-state index in [-0.39, 0.29) is 36.6 Å². The number of rotatable bonds is 10. The van der Waals surface area contributed by atoms with Gasteiger partial charge in [0.15, 0.2) is 5.96 Å². The summed E-state index contributed by atoms with van der Waals surface area (Å²) in [6.45, 7) is 2.56. The predicted molar refractivity (Wildman–Crippen MR) is 172 cm³/mol. The van der Waals surface area contributed by atoms with Gasteiger partial charge in [0, 0.05) is 44.7 Å². The molecule has 2 amide bonds. The smallest absolute Gasteiger partial charge is 0.240 e. The lowest BCUT2D eigenvalue weighted by Crippen LogP contribution is -2.55. The summed E-state index contributed by atoms with van der Waals surface area (Å²) in [6.07, 6.45) is 0.667. The van der Waals surface area contributed by atoms with Crippen LogP contribution in [0, 0.1) is 5.41 Å². The number of aliphatic imine (C=N–C) groups is 1. The van der Waals surface area contributed by atoms with Crippen molar-refractivity contribution in [3.05, 3.63) is 95.6 Å². The van der Waals surface area contributed by atoms with Crippen LogP contribution in [0.4, 0.5) is 0 Å². The molecule has 8 N–H and O–H groups in total. The number of hydrogen-bond donors (Lipinski definition) is 5. The lowest BCUT2D eigenvalue weighted by Gasteiger charge is -2.36. The van der Waals surface area contributed by atoms with Crippen molar-refractivity contribution in [2.75, 3.05) is 32.7 Å². The number of fused-ring (bicyclic) bond motifs is 2. The number of hydrogen-bond acceptors (Lipinski definition) is 5. The van der Waals surface area contributed by atoms with E-state index >= 15 is 0 Å². The molecule has 0 saturated carbocycles. The number of amidine groups is 1. The fraction of sp³-hybridized carbons (Fsp3) is 0.273. The van der Waals surface area contributed by atoms with E-state index in [1.807, 2.05) is 35.2 Å². The van der Waals surface area contributed by atoms with Crippen molar-refractivity contribution in [2.45, 2.75) is 25.4 Å². The third-order valence-electron chi connectivity index (χ3n) is 7.86. The van der Waals surface area contributed by atoms with Crippen LogP contribution in [0.1, 0.15) is 23.1 Å². The van der Waals surface area contributed by atoms with Crippen molar-refractivity contribution in [3.8, 4) is 0 Å². The molecule has 0 radical (unpaired) electrons. The number of nitrogens with zero attached hydrogens (tertiary/aromatic N) is 3. The van der Waals surface area contributed by atoms with E-state index in [4.69, 9.17) is 22.6 Å². The van der Waals surface area contributed by atoms with Crippen LogP contribution in [0.2, 0.25) is 0 Å². The zero-order chi connectivity index (χ0) is 30.3. The fourth-order valence-corrected chi connectivity index (χ4v) is 5.52. The summed E-state index contributed by atoms with van der Waals surface area (Å²) in [6, 6.07) is 26.0. The van der Waals surface area contributed by atoms with Crippen LogP contribution < -0.4 is 22.5 Å². The van der Waals surface area contributed by atoms with Crippen molar-refractivity contribution < 1.29 is 9.59 Å². The Balaban J connectivity index is 1.30. The van der Waals surface area contributed by atoms with Gasteiger partial charge in [-0.3, -0.25) is 20.0 Å². The number of guanidine groups is 1. The molecule has 1 heterocycles. The van der Waals surface area contributed by atoms with Gasteiger partial charge in [-0.1, -0.05) is 54.6 Å². The topological polar surface area (TPSA) is 167 Å². The van der Waals surface area contributed by atoms with Crippen molar-refractivity contribution in [2.24, 2.45) is 22.2 Å². The molecule has 0 spiro atoms. The third kappa shape index (κ3) is 7.47. The Kier molecular flexibility index (Phi) is 9.17. The molecule has 222 valence electrons. The Morgan fingerprint density at radius 1 is 0.791 bits per heavy atom. The molecule has 43 heavy (non-hydrogen) atoms. The molecule has 0 bridgehead atoms. The highest BCUT2D eigenvalue weighted by atomic mass is 16.2. The molecule has 1 aliphatic rings. The molecule has 10 nitrogen and oxygen atoms in total. The van der Waals surface area contributed by atoms with Gasteiger partial charge in [-0.05, 0) is 63.4 Å².